The number of carbonyl (C=O) groups is 3. The molecule has 6 rings (SSSR count). The van der Waals surface area contributed by atoms with Gasteiger partial charge in [-0.25, -0.2) is 9.69 Å². The molecule has 0 bridgehead atoms. The van der Waals surface area contributed by atoms with Crippen molar-refractivity contribution < 1.29 is 38.4 Å². The quantitative estimate of drug-likeness (QED) is 0.284. The number of carbonyl (C=O) groups excluding carboxylic acids is 3. The summed E-state index contributed by atoms with van der Waals surface area (Å²) in [5.74, 6) is -0.961. The fourth-order valence-electron chi connectivity index (χ4n) is 6.81. The summed E-state index contributed by atoms with van der Waals surface area (Å²) in [4.78, 5) is 42.5. The Bertz CT molecular complexity index is 1570. The molecule has 2 N–H and O–H groups in total. The lowest BCUT2D eigenvalue weighted by Crippen LogP contribution is -2.46. The largest absolute Gasteiger partial charge is 0.445 e. The second-order valence-corrected chi connectivity index (χ2v) is 12.7. The molecule has 6 atom stereocenters. The van der Waals surface area contributed by atoms with Crippen molar-refractivity contribution in [1.29, 1.82) is 0 Å². The van der Waals surface area contributed by atoms with E-state index in [1.165, 1.54) is 0 Å². The minimum atomic E-state index is -1.04. The number of imide groups is 1. The third kappa shape index (κ3) is 7.61. The Morgan fingerprint density at radius 3 is 2.52 bits per heavy atom. The number of aliphatic hydroxyl groups is 1. The van der Waals surface area contributed by atoms with Gasteiger partial charge in [0.05, 0.1) is 37.5 Å². The zero-order chi connectivity index (χ0) is 33.6. The Kier molecular flexibility index (Phi) is 10.8. The first-order chi connectivity index (χ1) is 23.3. The summed E-state index contributed by atoms with van der Waals surface area (Å²) in [7, 11) is 1.73. The topological polar surface area (TPSA) is 127 Å². The zero-order valence-corrected chi connectivity index (χ0v) is 27.3. The molecule has 6 unspecified atom stereocenters. The van der Waals surface area contributed by atoms with E-state index in [9.17, 15) is 19.5 Å². The maximum Gasteiger partial charge on any atom is 0.408 e. The summed E-state index contributed by atoms with van der Waals surface area (Å²) in [6.45, 7) is 4.46. The highest BCUT2D eigenvalue weighted by Gasteiger charge is 2.43. The molecule has 0 spiro atoms. The fraction of sp³-hybridized carbons (Fsp3) is 0.432. The molecule has 48 heavy (non-hydrogen) atoms. The highest BCUT2D eigenvalue weighted by atomic mass is 16.7. The van der Waals surface area contributed by atoms with Gasteiger partial charge in [-0.1, -0.05) is 73.7 Å². The standard InChI is InChI=1S/C37H43N3O8/c1-24-32(20-39-17-7-12-30(39)23-45-2)47-36(48-34(24)27-15-13-25(21-41)14-16-27)28-10-6-11-29(18-28)40-33(42)19-31(35(40)43)38-37(44)46-22-26-8-4-3-5-9-26/h3-6,8-11,13-16,18,24,30-32,34,36,41H,7,12,17,19-23H2,1-2H3,(H,38,44). The minimum absolute atomic E-state index is 0.00317. The van der Waals surface area contributed by atoms with E-state index in [1.807, 2.05) is 60.7 Å². The first-order valence-corrected chi connectivity index (χ1v) is 16.5. The van der Waals surface area contributed by atoms with Gasteiger partial charge in [0.15, 0.2) is 6.29 Å². The Balaban J connectivity index is 1.19. The first kappa shape index (κ1) is 33.8. The maximum atomic E-state index is 13.4. The molecule has 254 valence electrons. The normalized spacial score (nSPS) is 26.2. The van der Waals surface area contributed by atoms with Gasteiger partial charge in [0.25, 0.3) is 5.91 Å². The number of aliphatic hydroxyl groups excluding tert-OH is 1. The molecule has 3 saturated heterocycles. The number of methoxy groups -OCH3 is 1. The Morgan fingerprint density at radius 1 is 0.979 bits per heavy atom. The van der Waals surface area contributed by atoms with Gasteiger partial charge in [-0.3, -0.25) is 14.5 Å². The molecule has 3 aliphatic rings. The van der Waals surface area contributed by atoms with E-state index in [0.717, 1.165) is 41.0 Å². The van der Waals surface area contributed by atoms with E-state index in [-0.39, 0.29) is 37.8 Å². The number of alkyl carbamates (subject to hydrolysis) is 1. The lowest BCUT2D eigenvalue weighted by atomic mass is 9.90. The number of amides is 3. The van der Waals surface area contributed by atoms with Crippen LogP contribution >= 0.6 is 0 Å². The molecule has 3 fully saturated rings. The minimum Gasteiger partial charge on any atom is -0.445 e. The summed E-state index contributed by atoms with van der Waals surface area (Å²) in [6, 6.07) is 23.3. The molecule has 0 saturated carbocycles. The van der Waals surface area contributed by atoms with Gasteiger partial charge >= 0.3 is 6.09 Å². The monoisotopic (exact) mass is 657 g/mol. The summed E-state index contributed by atoms with van der Waals surface area (Å²) in [5, 5.41) is 12.1. The van der Waals surface area contributed by atoms with Crippen LogP contribution in [0.1, 0.15) is 60.8 Å². The average molecular weight is 658 g/mol. The van der Waals surface area contributed by atoms with E-state index in [1.54, 1.807) is 25.3 Å². The maximum absolute atomic E-state index is 13.4. The van der Waals surface area contributed by atoms with Crippen molar-refractivity contribution in [2.24, 2.45) is 5.92 Å². The SMILES string of the molecule is COCC1CCCN1CC1OC(c2cccc(N3C(=O)CC(NC(=O)OCc4ccccc4)C3=O)c2)OC(c2ccc(CO)cc2)C1C. The molecule has 0 aromatic heterocycles. The number of nitrogens with zero attached hydrogens (tertiary/aromatic N) is 2. The van der Waals surface area contributed by atoms with Crippen molar-refractivity contribution in [2.45, 2.75) is 70.0 Å². The fourth-order valence-corrected chi connectivity index (χ4v) is 6.81. The molecule has 0 aliphatic carbocycles. The summed E-state index contributed by atoms with van der Waals surface area (Å²) >= 11 is 0. The van der Waals surface area contributed by atoms with Gasteiger partial charge in [-0.05, 0) is 48.2 Å². The van der Waals surface area contributed by atoms with E-state index >= 15 is 0 Å². The summed E-state index contributed by atoms with van der Waals surface area (Å²) in [6.07, 6.45) is -0.0371. The van der Waals surface area contributed by atoms with Crippen molar-refractivity contribution in [1.82, 2.24) is 10.2 Å². The highest BCUT2D eigenvalue weighted by Crippen LogP contribution is 2.43. The molecular formula is C37H43N3O8. The molecule has 3 amide bonds. The van der Waals surface area contributed by atoms with Crippen LogP contribution < -0.4 is 10.2 Å². The van der Waals surface area contributed by atoms with E-state index in [4.69, 9.17) is 18.9 Å². The van der Waals surface area contributed by atoms with Crippen LogP contribution in [-0.2, 0) is 41.8 Å². The molecule has 11 nitrogen and oxygen atoms in total. The molecule has 11 heteroatoms. The highest BCUT2D eigenvalue weighted by molar-refractivity contribution is 6.22. The van der Waals surface area contributed by atoms with Crippen molar-refractivity contribution in [3.8, 4) is 0 Å². The second-order valence-electron chi connectivity index (χ2n) is 12.7. The van der Waals surface area contributed by atoms with Crippen LogP contribution in [0.3, 0.4) is 0 Å². The zero-order valence-electron chi connectivity index (χ0n) is 27.3. The van der Waals surface area contributed by atoms with Gasteiger partial charge in [0, 0.05) is 31.2 Å². The Morgan fingerprint density at radius 2 is 1.77 bits per heavy atom. The predicted molar refractivity (Wildman–Crippen MR) is 177 cm³/mol. The van der Waals surface area contributed by atoms with Crippen molar-refractivity contribution >= 4 is 23.6 Å². The van der Waals surface area contributed by atoms with Gasteiger partial charge < -0.3 is 29.4 Å². The van der Waals surface area contributed by atoms with Crippen LogP contribution in [0, 0.1) is 5.92 Å². The number of anilines is 1. The Hall–Kier alpha value is -4.13. The lowest BCUT2D eigenvalue weighted by Gasteiger charge is -2.43. The number of nitrogens with one attached hydrogen (secondary N) is 1. The molecule has 0 radical (unpaired) electrons. The average Bonchev–Trinajstić information content (AvgIpc) is 3.66. The Labute approximate surface area is 280 Å². The third-order valence-electron chi connectivity index (χ3n) is 9.45. The van der Waals surface area contributed by atoms with Crippen LogP contribution in [0.4, 0.5) is 10.5 Å². The van der Waals surface area contributed by atoms with Crippen LogP contribution in [0.2, 0.25) is 0 Å². The van der Waals surface area contributed by atoms with Crippen LogP contribution in [0.25, 0.3) is 0 Å². The molecule has 3 heterocycles. The number of hydrogen-bond acceptors (Lipinski definition) is 9. The van der Waals surface area contributed by atoms with Gasteiger partial charge in [0.2, 0.25) is 5.91 Å². The molecular weight excluding hydrogens is 614 g/mol. The van der Waals surface area contributed by atoms with Crippen LogP contribution in [-0.4, -0.2) is 72.9 Å². The lowest BCUT2D eigenvalue weighted by molar-refractivity contribution is -0.276. The number of likely N-dealkylation sites (tertiary alicyclic amines) is 1. The van der Waals surface area contributed by atoms with E-state index in [0.29, 0.717) is 30.4 Å². The van der Waals surface area contributed by atoms with Crippen molar-refractivity contribution in [3.05, 3.63) is 101 Å². The van der Waals surface area contributed by atoms with Gasteiger partial charge in [-0.2, -0.15) is 0 Å². The summed E-state index contributed by atoms with van der Waals surface area (Å²) in [5.41, 5.74) is 3.63. The number of ether oxygens (including phenoxy) is 4. The van der Waals surface area contributed by atoms with E-state index < -0.39 is 30.2 Å². The smallest absolute Gasteiger partial charge is 0.408 e. The number of benzene rings is 3. The summed E-state index contributed by atoms with van der Waals surface area (Å²) < 4.78 is 24.1. The second kappa shape index (κ2) is 15.4. The van der Waals surface area contributed by atoms with Gasteiger partial charge in [-0.15, -0.1) is 0 Å². The van der Waals surface area contributed by atoms with Crippen molar-refractivity contribution in [3.63, 3.8) is 0 Å². The van der Waals surface area contributed by atoms with Gasteiger partial charge in [0.1, 0.15) is 12.6 Å². The molecule has 3 aromatic carbocycles. The molecule has 3 aromatic rings. The number of hydrogen-bond donors (Lipinski definition) is 2. The molecule has 3 aliphatic heterocycles. The van der Waals surface area contributed by atoms with Crippen molar-refractivity contribution in [2.75, 3.05) is 31.7 Å². The van der Waals surface area contributed by atoms with Crippen LogP contribution in [0.15, 0.2) is 78.9 Å². The first-order valence-electron chi connectivity index (χ1n) is 16.5. The number of rotatable bonds is 11. The van der Waals surface area contributed by atoms with Crippen LogP contribution in [0.5, 0.6) is 0 Å². The third-order valence-corrected chi connectivity index (χ3v) is 9.45. The predicted octanol–water partition coefficient (Wildman–Crippen LogP) is 4.64. The van der Waals surface area contributed by atoms with E-state index in [2.05, 4.69) is 17.1 Å².